The number of aryl methyl sites for hydroxylation is 1. The maximum Gasteiger partial charge on any atom is 0.192 e. The van der Waals surface area contributed by atoms with E-state index < -0.39 is 0 Å². The smallest absolute Gasteiger partial charge is 0.192 e. The molecule has 5 heteroatoms. The van der Waals surface area contributed by atoms with E-state index in [1.165, 1.54) is 11.8 Å². The SMILES string of the molecule is Cc1ccnc(Sc2ccnc(CN)c2)n1. The minimum absolute atomic E-state index is 0.447. The van der Waals surface area contributed by atoms with Gasteiger partial charge in [-0.3, -0.25) is 4.98 Å². The summed E-state index contributed by atoms with van der Waals surface area (Å²) in [6.45, 7) is 2.40. The molecule has 2 aromatic heterocycles. The van der Waals surface area contributed by atoms with Gasteiger partial charge in [0.15, 0.2) is 5.16 Å². The summed E-state index contributed by atoms with van der Waals surface area (Å²) in [6, 6.07) is 5.76. The van der Waals surface area contributed by atoms with Gasteiger partial charge in [-0.05, 0) is 36.9 Å². The van der Waals surface area contributed by atoms with Crippen LogP contribution in [-0.2, 0) is 6.54 Å². The molecule has 0 fully saturated rings. The van der Waals surface area contributed by atoms with Gasteiger partial charge in [0.2, 0.25) is 0 Å². The zero-order valence-corrected chi connectivity index (χ0v) is 9.74. The molecule has 16 heavy (non-hydrogen) atoms. The minimum atomic E-state index is 0.447. The number of rotatable bonds is 3. The topological polar surface area (TPSA) is 64.7 Å². The monoisotopic (exact) mass is 232 g/mol. The molecular formula is C11H12N4S. The third-order valence-corrected chi connectivity index (χ3v) is 2.85. The predicted octanol–water partition coefficient (Wildman–Crippen LogP) is 1.79. The molecule has 0 amide bonds. The first kappa shape index (κ1) is 11.0. The Labute approximate surface area is 98.3 Å². The van der Waals surface area contributed by atoms with Crippen molar-refractivity contribution in [2.75, 3.05) is 0 Å². The molecule has 2 aromatic rings. The lowest BCUT2D eigenvalue weighted by atomic mass is 10.3. The molecule has 2 rings (SSSR count). The lowest BCUT2D eigenvalue weighted by Crippen LogP contribution is -1.98. The van der Waals surface area contributed by atoms with E-state index >= 15 is 0 Å². The van der Waals surface area contributed by atoms with Crippen LogP contribution in [0.3, 0.4) is 0 Å². The fraction of sp³-hybridized carbons (Fsp3) is 0.182. The summed E-state index contributed by atoms with van der Waals surface area (Å²) in [5.41, 5.74) is 7.37. The molecule has 0 unspecified atom stereocenters. The number of nitrogens with zero attached hydrogens (tertiary/aromatic N) is 3. The summed E-state index contributed by atoms with van der Waals surface area (Å²) in [5, 5.41) is 0.745. The molecule has 0 spiro atoms. The summed E-state index contributed by atoms with van der Waals surface area (Å²) in [6.07, 6.45) is 3.51. The van der Waals surface area contributed by atoms with E-state index in [-0.39, 0.29) is 0 Å². The van der Waals surface area contributed by atoms with Crippen LogP contribution in [0.4, 0.5) is 0 Å². The largest absolute Gasteiger partial charge is 0.325 e. The quantitative estimate of drug-likeness (QED) is 0.817. The van der Waals surface area contributed by atoms with Gasteiger partial charge in [-0.25, -0.2) is 9.97 Å². The standard InChI is InChI=1S/C11H12N4S/c1-8-2-4-14-11(15-8)16-10-3-5-13-9(6-10)7-12/h2-6H,7,12H2,1H3. The van der Waals surface area contributed by atoms with Gasteiger partial charge in [0.05, 0.1) is 5.69 Å². The highest BCUT2D eigenvalue weighted by Crippen LogP contribution is 2.24. The first-order valence-electron chi connectivity index (χ1n) is 4.90. The van der Waals surface area contributed by atoms with Crippen molar-refractivity contribution in [2.45, 2.75) is 23.5 Å². The highest BCUT2D eigenvalue weighted by atomic mass is 32.2. The van der Waals surface area contributed by atoms with E-state index in [2.05, 4.69) is 15.0 Å². The Balaban J connectivity index is 2.20. The van der Waals surface area contributed by atoms with Gasteiger partial charge in [-0.15, -0.1) is 0 Å². The molecule has 0 radical (unpaired) electrons. The fourth-order valence-electron chi connectivity index (χ4n) is 1.21. The minimum Gasteiger partial charge on any atom is -0.325 e. The fourth-order valence-corrected chi connectivity index (χ4v) is 2.05. The predicted molar refractivity (Wildman–Crippen MR) is 63.0 cm³/mol. The van der Waals surface area contributed by atoms with Crippen molar-refractivity contribution in [3.63, 3.8) is 0 Å². The van der Waals surface area contributed by atoms with Crippen LogP contribution in [0.25, 0.3) is 0 Å². The van der Waals surface area contributed by atoms with Gasteiger partial charge in [0.1, 0.15) is 0 Å². The van der Waals surface area contributed by atoms with Crippen molar-refractivity contribution in [3.05, 3.63) is 42.0 Å². The van der Waals surface area contributed by atoms with Crippen LogP contribution in [0, 0.1) is 6.92 Å². The van der Waals surface area contributed by atoms with E-state index in [1.54, 1.807) is 12.4 Å². The second-order valence-electron chi connectivity index (χ2n) is 3.27. The summed E-state index contributed by atoms with van der Waals surface area (Å²) >= 11 is 1.51. The summed E-state index contributed by atoms with van der Waals surface area (Å²) < 4.78 is 0. The third-order valence-electron chi connectivity index (χ3n) is 1.98. The molecule has 0 saturated carbocycles. The van der Waals surface area contributed by atoms with Crippen LogP contribution in [0.1, 0.15) is 11.4 Å². The first-order chi connectivity index (χ1) is 7.78. The zero-order valence-electron chi connectivity index (χ0n) is 8.92. The van der Waals surface area contributed by atoms with Crippen molar-refractivity contribution in [1.82, 2.24) is 15.0 Å². The molecule has 0 atom stereocenters. The molecule has 4 nitrogen and oxygen atoms in total. The Morgan fingerprint density at radius 3 is 2.81 bits per heavy atom. The average molecular weight is 232 g/mol. The second kappa shape index (κ2) is 5.05. The van der Waals surface area contributed by atoms with Crippen molar-refractivity contribution in [1.29, 1.82) is 0 Å². The van der Waals surface area contributed by atoms with E-state index in [1.807, 2.05) is 25.1 Å². The van der Waals surface area contributed by atoms with Crippen LogP contribution in [0.2, 0.25) is 0 Å². The lowest BCUT2D eigenvalue weighted by Gasteiger charge is -2.02. The Bertz CT molecular complexity index is 487. The molecule has 0 aliphatic carbocycles. The maximum atomic E-state index is 5.53. The molecule has 0 saturated heterocycles. The summed E-state index contributed by atoms with van der Waals surface area (Å²) in [5.74, 6) is 0. The van der Waals surface area contributed by atoms with Gasteiger partial charge in [0, 0.05) is 29.5 Å². The van der Waals surface area contributed by atoms with Gasteiger partial charge < -0.3 is 5.73 Å². The third kappa shape index (κ3) is 2.77. The van der Waals surface area contributed by atoms with Crippen molar-refractivity contribution < 1.29 is 0 Å². The molecule has 0 bridgehead atoms. The van der Waals surface area contributed by atoms with E-state index in [4.69, 9.17) is 5.73 Å². The van der Waals surface area contributed by atoms with E-state index in [0.717, 1.165) is 21.4 Å². The number of nitrogens with two attached hydrogens (primary N) is 1. The Morgan fingerprint density at radius 2 is 2.06 bits per heavy atom. The Hall–Kier alpha value is -1.46. The molecular weight excluding hydrogens is 220 g/mol. The van der Waals surface area contributed by atoms with Crippen LogP contribution in [0.5, 0.6) is 0 Å². The number of aromatic nitrogens is 3. The highest BCUT2D eigenvalue weighted by Gasteiger charge is 2.01. The lowest BCUT2D eigenvalue weighted by molar-refractivity contribution is 0.929. The van der Waals surface area contributed by atoms with Gasteiger partial charge in [0.25, 0.3) is 0 Å². The number of pyridine rings is 1. The van der Waals surface area contributed by atoms with Crippen LogP contribution in [0.15, 0.2) is 40.6 Å². The summed E-state index contributed by atoms with van der Waals surface area (Å²) in [4.78, 5) is 13.7. The number of hydrogen-bond acceptors (Lipinski definition) is 5. The van der Waals surface area contributed by atoms with Crippen LogP contribution >= 0.6 is 11.8 Å². The Kier molecular flexibility index (Phi) is 3.48. The molecule has 0 aliphatic rings. The van der Waals surface area contributed by atoms with Crippen molar-refractivity contribution >= 4 is 11.8 Å². The number of hydrogen-bond donors (Lipinski definition) is 1. The maximum absolute atomic E-state index is 5.53. The molecule has 2 heterocycles. The van der Waals surface area contributed by atoms with Crippen molar-refractivity contribution in [2.24, 2.45) is 5.73 Å². The van der Waals surface area contributed by atoms with Gasteiger partial charge in [-0.2, -0.15) is 0 Å². The highest BCUT2D eigenvalue weighted by molar-refractivity contribution is 7.99. The molecule has 2 N–H and O–H groups in total. The van der Waals surface area contributed by atoms with Gasteiger partial charge >= 0.3 is 0 Å². The molecule has 82 valence electrons. The van der Waals surface area contributed by atoms with E-state index in [9.17, 15) is 0 Å². The first-order valence-corrected chi connectivity index (χ1v) is 5.72. The molecule has 0 aromatic carbocycles. The van der Waals surface area contributed by atoms with Crippen molar-refractivity contribution in [3.8, 4) is 0 Å². The normalized spacial score (nSPS) is 10.4. The molecule has 0 aliphatic heterocycles. The zero-order chi connectivity index (χ0) is 11.4. The van der Waals surface area contributed by atoms with E-state index in [0.29, 0.717) is 6.54 Å². The average Bonchev–Trinajstić information content (AvgIpc) is 2.29. The van der Waals surface area contributed by atoms with Gasteiger partial charge in [-0.1, -0.05) is 0 Å². The van der Waals surface area contributed by atoms with Crippen LogP contribution < -0.4 is 5.73 Å². The summed E-state index contributed by atoms with van der Waals surface area (Å²) in [7, 11) is 0. The Morgan fingerprint density at radius 1 is 1.25 bits per heavy atom. The van der Waals surface area contributed by atoms with Crippen LogP contribution in [-0.4, -0.2) is 15.0 Å². The second-order valence-corrected chi connectivity index (χ2v) is 4.31.